The highest BCUT2D eigenvalue weighted by Gasteiger charge is 1.91. The largest absolute Gasteiger partial charge is 0.509 e. The molecule has 0 spiro atoms. The standard InChI is InChI=1S/C13H22O2/c1-4-5-6-10-15-11-9-12(2)7-8-13(3)14/h7-8,14H,2-6,9-11H2,1H3/b8-7-. The quantitative estimate of drug-likeness (QED) is 0.356. The number of hydrogen-bond donors (Lipinski definition) is 1. The average Bonchev–Trinajstić information content (AvgIpc) is 2.20. The second-order valence-electron chi connectivity index (χ2n) is 3.55. The van der Waals surface area contributed by atoms with Crippen LogP contribution in [0.4, 0.5) is 0 Å². The molecule has 0 bridgehead atoms. The molecule has 0 aliphatic rings. The van der Waals surface area contributed by atoms with Gasteiger partial charge in [-0.2, -0.15) is 0 Å². The van der Waals surface area contributed by atoms with Crippen LogP contribution in [-0.2, 0) is 4.74 Å². The van der Waals surface area contributed by atoms with Crippen LogP contribution >= 0.6 is 0 Å². The van der Waals surface area contributed by atoms with Crippen molar-refractivity contribution in [2.75, 3.05) is 13.2 Å². The maximum atomic E-state index is 8.82. The van der Waals surface area contributed by atoms with Gasteiger partial charge in [-0.3, -0.25) is 0 Å². The summed E-state index contributed by atoms with van der Waals surface area (Å²) in [4.78, 5) is 0. The topological polar surface area (TPSA) is 29.5 Å². The molecule has 0 unspecified atom stereocenters. The Morgan fingerprint density at radius 1 is 1.20 bits per heavy atom. The lowest BCUT2D eigenvalue weighted by Gasteiger charge is -2.03. The molecule has 0 atom stereocenters. The minimum absolute atomic E-state index is 0.0556. The van der Waals surface area contributed by atoms with E-state index in [-0.39, 0.29) is 5.76 Å². The Balaban J connectivity index is 3.35. The normalized spacial score (nSPS) is 10.7. The van der Waals surface area contributed by atoms with Crippen molar-refractivity contribution in [3.63, 3.8) is 0 Å². The molecular weight excluding hydrogens is 188 g/mol. The third-order valence-electron chi connectivity index (χ3n) is 1.97. The van der Waals surface area contributed by atoms with Crippen molar-refractivity contribution >= 4 is 0 Å². The molecule has 0 saturated heterocycles. The number of rotatable bonds is 9. The van der Waals surface area contributed by atoms with E-state index in [2.05, 4.69) is 20.1 Å². The summed E-state index contributed by atoms with van der Waals surface area (Å²) in [5.41, 5.74) is 0.945. The molecule has 0 amide bonds. The summed E-state index contributed by atoms with van der Waals surface area (Å²) >= 11 is 0. The molecule has 1 N–H and O–H groups in total. The van der Waals surface area contributed by atoms with Crippen molar-refractivity contribution in [1.82, 2.24) is 0 Å². The van der Waals surface area contributed by atoms with Gasteiger partial charge in [-0.15, -0.1) is 0 Å². The first kappa shape index (κ1) is 14.0. The molecular formula is C13H22O2. The maximum Gasteiger partial charge on any atom is 0.108 e. The molecule has 0 aliphatic carbocycles. The van der Waals surface area contributed by atoms with E-state index < -0.39 is 0 Å². The van der Waals surface area contributed by atoms with Gasteiger partial charge in [0.2, 0.25) is 0 Å². The molecule has 2 nitrogen and oxygen atoms in total. The molecule has 0 aliphatic heterocycles. The average molecular weight is 210 g/mol. The third kappa shape index (κ3) is 10.9. The zero-order valence-corrected chi connectivity index (χ0v) is 9.67. The summed E-state index contributed by atoms with van der Waals surface area (Å²) in [6, 6.07) is 0. The summed E-state index contributed by atoms with van der Waals surface area (Å²) in [6.07, 6.45) is 7.68. The predicted molar refractivity (Wildman–Crippen MR) is 65.0 cm³/mol. The fourth-order valence-electron chi connectivity index (χ4n) is 1.06. The summed E-state index contributed by atoms with van der Waals surface area (Å²) in [7, 11) is 0. The Morgan fingerprint density at radius 2 is 1.93 bits per heavy atom. The highest BCUT2D eigenvalue weighted by molar-refractivity contribution is 5.20. The Kier molecular flexibility index (Phi) is 8.88. The van der Waals surface area contributed by atoms with Gasteiger partial charge in [-0.05, 0) is 18.9 Å². The monoisotopic (exact) mass is 210 g/mol. The van der Waals surface area contributed by atoms with Crippen molar-refractivity contribution < 1.29 is 9.84 Å². The van der Waals surface area contributed by atoms with Crippen molar-refractivity contribution in [2.45, 2.75) is 32.6 Å². The molecule has 0 radical (unpaired) electrons. The minimum Gasteiger partial charge on any atom is -0.509 e. The van der Waals surface area contributed by atoms with Gasteiger partial charge in [0.15, 0.2) is 0 Å². The van der Waals surface area contributed by atoms with Crippen LogP contribution < -0.4 is 0 Å². The van der Waals surface area contributed by atoms with Crippen LogP contribution in [0.25, 0.3) is 0 Å². The van der Waals surface area contributed by atoms with Crippen LogP contribution in [0.5, 0.6) is 0 Å². The maximum absolute atomic E-state index is 8.82. The van der Waals surface area contributed by atoms with Crippen LogP contribution in [0.15, 0.2) is 36.6 Å². The van der Waals surface area contributed by atoms with Crippen molar-refractivity contribution in [3.05, 3.63) is 36.6 Å². The van der Waals surface area contributed by atoms with Crippen LogP contribution in [-0.4, -0.2) is 18.3 Å². The van der Waals surface area contributed by atoms with Crippen LogP contribution in [0.1, 0.15) is 32.6 Å². The number of hydrogen-bond acceptors (Lipinski definition) is 2. The van der Waals surface area contributed by atoms with Crippen LogP contribution in [0, 0.1) is 0 Å². The van der Waals surface area contributed by atoms with E-state index in [1.165, 1.54) is 12.8 Å². The van der Waals surface area contributed by atoms with Crippen LogP contribution in [0.3, 0.4) is 0 Å². The fourth-order valence-corrected chi connectivity index (χ4v) is 1.06. The summed E-state index contributed by atoms with van der Waals surface area (Å²) in [5.74, 6) is 0.0556. The molecule has 0 heterocycles. The van der Waals surface area contributed by atoms with Gasteiger partial charge in [0.1, 0.15) is 5.76 Å². The zero-order chi connectivity index (χ0) is 11.5. The Bertz CT molecular complexity index is 217. The summed E-state index contributed by atoms with van der Waals surface area (Å²) in [6.45, 7) is 10.9. The molecule has 2 heteroatoms. The van der Waals surface area contributed by atoms with E-state index >= 15 is 0 Å². The number of allylic oxidation sites excluding steroid dienone is 2. The molecule has 15 heavy (non-hydrogen) atoms. The Hall–Kier alpha value is -1.02. The SMILES string of the molecule is C=C(O)/C=C\C(=C)CCOCCCCC. The van der Waals surface area contributed by atoms with E-state index in [0.29, 0.717) is 6.61 Å². The van der Waals surface area contributed by atoms with Gasteiger partial charge in [0.25, 0.3) is 0 Å². The highest BCUT2D eigenvalue weighted by atomic mass is 16.5. The van der Waals surface area contributed by atoms with Gasteiger partial charge in [-0.25, -0.2) is 0 Å². The van der Waals surface area contributed by atoms with Gasteiger partial charge in [0.05, 0.1) is 6.61 Å². The highest BCUT2D eigenvalue weighted by Crippen LogP contribution is 2.02. The lowest BCUT2D eigenvalue weighted by atomic mass is 10.2. The number of aliphatic hydroxyl groups is 1. The lowest BCUT2D eigenvalue weighted by Crippen LogP contribution is -1.97. The van der Waals surface area contributed by atoms with E-state index in [1.807, 2.05) is 0 Å². The van der Waals surface area contributed by atoms with Crippen molar-refractivity contribution in [2.24, 2.45) is 0 Å². The molecule has 0 fully saturated rings. The first-order valence-corrected chi connectivity index (χ1v) is 5.48. The first-order valence-electron chi connectivity index (χ1n) is 5.48. The van der Waals surface area contributed by atoms with Gasteiger partial charge < -0.3 is 9.84 Å². The van der Waals surface area contributed by atoms with E-state index in [1.54, 1.807) is 12.2 Å². The lowest BCUT2D eigenvalue weighted by molar-refractivity contribution is 0.133. The van der Waals surface area contributed by atoms with E-state index in [4.69, 9.17) is 9.84 Å². The summed E-state index contributed by atoms with van der Waals surface area (Å²) in [5, 5.41) is 8.82. The van der Waals surface area contributed by atoms with Gasteiger partial charge in [-0.1, -0.05) is 44.6 Å². The second kappa shape index (κ2) is 9.53. The molecule has 0 rings (SSSR count). The molecule has 0 aromatic heterocycles. The van der Waals surface area contributed by atoms with Crippen molar-refractivity contribution in [3.8, 4) is 0 Å². The van der Waals surface area contributed by atoms with Crippen molar-refractivity contribution in [1.29, 1.82) is 0 Å². The van der Waals surface area contributed by atoms with E-state index in [9.17, 15) is 0 Å². The van der Waals surface area contributed by atoms with Crippen LogP contribution in [0.2, 0.25) is 0 Å². The summed E-state index contributed by atoms with van der Waals surface area (Å²) < 4.78 is 5.43. The molecule has 0 saturated carbocycles. The fraction of sp³-hybridized carbons (Fsp3) is 0.538. The predicted octanol–water partition coefficient (Wildman–Crippen LogP) is 3.77. The van der Waals surface area contributed by atoms with Gasteiger partial charge in [0, 0.05) is 6.61 Å². The smallest absolute Gasteiger partial charge is 0.108 e. The Labute approximate surface area is 93.0 Å². The first-order chi connectivity index (χ1) is 7.16. The second-order valence-corrected chi connectivity index (χ2v) is 3.55. The third-order valence-corrected chi connectivity index (χ3v) is 1.97. The van der Waals surface area contributed by atoms with E-state index in [0.717, 1.165) is 25.0 Å². The molecule has 0 aromatic rings. The number of unbranched alkanes of at least 4 members (excludes halogenated alkanes) is 2. The Morgan fingerprint density at radius 3 is 2.53 bits per heavy atom. The zero-order valence-electron chi connectivity index (χ0n) is 9.67. The minimum atomic E-state index is 0.0556. The molecule has 0 aromatic carbocycles. The molecule has 86 valence electrons. The number of aliphatic hydroxyl groups excluding tert-OH is 1. The number of ether oxygens (including phenoxy) is 1. The van der Waals surface area contributed by atoms with Gasteiger partial charge >= 0.3 is 0 Å².